The minimum absolute atomic E-state index is 0.151. The molecule has 1 N–H and O–H groups in total. The van der Waals surface area contributed by atoms with E-state index in [0.717, 1.165) is 11.3 Å². The molecule has 22 heavy (non-hydrogen) atoms. The Balaban J connectivity index is 1.98. The van der Waals surface area contributed by atoms with E-state index in [2.05, 4.69) is 19.2 Å². The van der Waals surface area contributed by atoms with Crippen LogP contribution in [-0.4, -0.2) is 12.0 Å². The van der Waals surface area contributed by atoms with Crippen LogP contribution in [0.15, 0.2) is 48.5 Å². The largest absolute Gasteiger partial charge is 0.481 e. The van der Waals surface area contributed by atoms with E-state index in [-0.39, 0.29) is 5.91 Å². The summed E-state index contributed by atoms with van der Waals surface area (Å²) >= 11 is 0. The van der Waals surface area contributed by atoms with E-state index in [0.29, 0.717) is 11.7 Å². The Morgan fingerprint density at radius 3 is 2.23 bits per heavy atom. The van der Waals surface area contributed by atoms with Gasteiger partial charge in [-0.2, -0.15) is 0 Å². The highest BCUT2D eigenvalue weighted by Gasteiger charge is 2.15. The molecule has 2 aromatic carbocycles. The first-order valence-electron chi connectivity index (χ1n) is 7.60. The predicted octanol–water partition coefficient (Wildman–Crippen LogP) is 4.52. The predicted molar refractivity (Wildman–Crippen MR) is 90.4 cm³/mol. The molecule has 0 spiro atoms. The molecule has 1 amide bonds. The van der Waals surface area contributed by atoms with E-state index in [1.807, 2.05) is 55.5 Å². The van der Waals surface area contributed by atoms with E-state index in [9.17, 15) is 4.79 Å². The number of hydrogen-bond acceptors (Lipinski definition) is 2. The summed E-state index contributed by atoms with van der Waals surface area (Å²) < 4.78 is 5.71. The Kier molecular flexibility index (Phi) is 5.21. The number of amides is 1. The number of nitrogens with one attached hydrogen (secondary N) is 1. The lowest BCUT2D eigenvalue weighted by Gasteiger charge is -2.16. The molecule has 0 saturated heterocycles. The number of carbonyl (C=O) groups excluding carboxylic acids is 1. The maximum absolute atomic E-state index is 12.2. The molecule has 3 heteroatoms. The van der Waals surface area contributed by atoms with Crippen LogP contribution in [0.4, 0.5) is 5.69 Å². The molecule has 2 rings (SSSR count). The zero-order valence-corrected chi connectivity index (χ0v) is 13.6. The van der Waals surface area contributed by atoms with Gasteiger partial charge in [0.15, 0.2) is 6.10 Å². The quantitative estimate of drug-likeness (QED) is 0.881. The summed E-state index contributed by atoms with van der Waals surface area (Å²) in [6.45, 7) is 8.01. The Morgan fingerprint density at radius 2 is 1.64 bits per heavy atom. The van der Waals surface area contributed by atoms with Crippen LogP contribution in [0.3, 0.4) is 0 Å². The van der Waals surface area contributed by atoms with Crippen molar-refractivity contribution in [1.82, 2.24) is 0 Å². The van der Waals surface area contributed by atoms with Gasteiger partial charge in [-0.05, 0) is 49.1 Å². The van der Waals surface area contributed by atoms with E-state index in [1.165, 1.54) is 5.56 Å². The van der Waals surface area contributed by atoms with Gasteiger partial charge in [0.2, 0.25) is 0 Å². The molecule has 116 valence electrons. The van der Waals surface area contributed by atoms with Crippen LogP contribution in [0.25, 0.3) is 0 Å². The number of aryl methyl sites for hydroxylation is 1. The Morgan fingerprint density at radius 1 is 1.00 bits per heavy atom. The number of hydrogen-bond donors (Lipinski definition) is 1. The van der Waals surface area contributed by atoms with E-state index < -0.39 is 6.10 Å². The van der Waals surface area contributed by atoms with Crippen LogP contribution in [0.2, 0.25) is 0 Å². The second-order valence-corrected chi connectivity index (χ2v) is 5.79. The first-order valence-corrected chi connectivity index (χ1v) is 7.60. The van der Waals surface area contributed by atoms with Crippen LogP contribution in [-0.2, 0) is 4.79 Å². The lowest BCUT2D eigenvalue weighted by molar-refractivity contribution is -0.122. The van der Waals surface area contributed by atoms with Gasteiger partial charge in [-0.1, -0.05) is 44.2 Å². The van der Waals surface area contributed by atoms with E-state index >= 15 is 0 Å². The summed E-state index contributed by atoms with van der Waals surface area (Å²) in [7, 11) is 0. The first-order chi connectivity index (χ1) is 10.5. The highest BCUT2D eigenvalue weighted by molar-refractivity contribution is 5.94. The number of anilines is 1. The second-order valence-electron chi connectivity index (χ2n) is 5.79. The molecule has 0 radical (unpaired) electrons. The van der Waals surface area contributed by atoms with Crippen LogP contribution < -0.4 is 10.1 Å². The number of ether oxygens (including phenoxy) is 1. The van der Waals surface area contributed by atoms with Gasteiger partial charge in [-0.3, -0.25) is 4.79 Å². The van der Waals surface area contributed by atoms with Gasteiger partial charge in [0.1, 0.15) is 5.75 Å². The van der Waals surface area contributed by atoms with Crippen molar-refractivity contribution < 1.29 is 9.53 Å². The van der Waals surface area contributed by atoms with Gasteiger partial charge in [-0.25, -0.2) is 0 Å². The minimum atomic E-state index is -0.551. The fourth-order valence-electron chi connectivity index (χ4n) is 2.14. The SMILES string of the molecule is Cc1ccccc1NC(=O)C(C)Oc1ccc(C(C)C)cc1. The van der Waals surface area contributed by atoms with Gasteiger partial charge in [0.05, 0.1) is 0 Å². The van der Waals surface area contributed by atoms with Crippen LogP contribution in [0.1, 0.15) is 37.8 Å². The minimum Gasteiger partial charge on any atom is -0.481 e. The summed E-state index contributed by atoms with van der Waals surface area (Å²) in [5.74, 6) is 1.04. The monoisotopic (exact) mass is 297 g/mol. The third kappa shape index (κ3) is 4.10. The molecule has 0 heterocycles. The zero-order chi connectivity index (χ0) is 16.1. The number of carbonyl (C=O) groups is 1. The Bertz CT molecular complexity index is 632. The molecule has 1 unspecified atom stereocenters. The topological polar surface area (TPSA) is 38.3 Å². The highest BCUT2D eigenvalue weighted by atomic mass is 16.5. The average molecular weight is 297 g/mol. The van der Waals surface area contributed by atoms with Crippen molar-refractivity contribution in [2.24, 2.45) is 0 Å². The van der Waals surface area contributed by atoms with Crippen molar-refractivity contribution >= 4 is 11.6 Å². The van der Waals surface area contributed by atoms with Gasteiger partial charge in [0.25, 0.3) is 5.91 Å². The Hall–Kier alpha value is -2.29. The molecule has 3 nitrogen and oxygen atoms in total. The maximum Gasteiger partial charge on any atom is 0.265 e. The molecular weight excluding hydrogens is 274 g/mol. The molecule has 0 saturated carbocycles. The van der Waals surface area contributed by atoms with Crippen LogP contribution >= 0.6 is 0 Å². The third-order valence-corrected chi connectivity index (χ3v) is 3.63. The highest BCUT2D eigenvalue weighted by Crippen LogP contribution is 2.20. The van der Waals surface area contributed by atoms with Gasteiger partial charge >= 0.3 is 0 Å². The van der Waals surface area contributed by atoms with Crippen molar-refractivity contribution in [3.63, 3.8) is 0 Å². The average Bonchev–Trinajstić information content (AvgIpc) is 2.50. The van der Waals surface area contributed by atoms with E-state index in [1.54, 1.807) is 6.92 Å². The normalized spacial score (nSPS) is 12.0. The zero-order valence-electron chi connectivity index (χ0n) is 13.6. The van der Waals surface area contributed by atoms with Gasteiger partial charge < -0.3 is 10.1 Å². The summed E-state index contributed by atoms with van der Waals surface area (Å²) in [6.07, 6.45) is -0.551. The third-order valence-electron chi connectivity index (χ3n) is 3.63. The standard InChI is InChI=1S/C19H23NO2/c1-13(2)16-9-11-17(12-10-16)22-15(4)19(21)20-18-8-6-5-7-14(18)3/h5-13,15H,1-4H3,(H,20,21). The van der Waals surface area contributed by atoms with Gasteiger partial charge in [-0.15, -0.1) is 0 Å². The fraction of sp³-hybridized carbons (Fsp3) is 0.316. The van der Waals surface area contributed by atoms with Crippen molar-refractivity contribution in [1.29, 1.82) is 0 Å². The second kappa shape index (κ2) is 7.12. The molecule has 0 fully saturated rings. The first kappa shape index (κ1) is 16.1. The summed E-state index contributed by atoms with van der Waals surface area (Å²) in [4.78, 5) is 12.2. The number of rotatable bonds is 5. The van der Waals surface area contributed by atoms with Crippen LogP contribution in [0.5, 0.6) is 5.75 Å². The Labute approximate surface area is 132 Å². The molecule has 1 atom stereocenters. The number of para-hydroxylation sites is 1. The summed E-state index contributed by atoms with van der Waals surface area (Å²) in [6, 6.07) is 15.6. The molecule has 0 aliphatic rings. The fourth-order valence-corrected chi connectivity index (χ4v) is 2.14. The van der Waals surface area contributed by atoms with Crippen molar-refractivity contribution in [2.45, 2.75) is 39.7 Å². The van der Waals surface area contributed by atoms with Crippen molar-refractivity contribution in [3.05, 3.63) is 59.7 Å². The lowest BCUT2D eigenvalue weighted by atomic mass is 10.0. The molecule has 0 bridgehead atoms. The molecule has 0 aromatic heterocycles. The smallest absolute Gasteiger partial charge is 0.265 e. The molecular formula is C19H23NO2. The molecule has 2 aromatic rings. The lowest BCUT2D eigenvalue weighted by Crippen LogP contribution is -2.30. The maximum atomic E-state index is 12.2. The van der Waals surface area contributed by atoms with Gasteiger partial charge in [0, 0.05) is 5.69 Å². The summed E-state index contributed by atoms with van der Waals surface area (Å²) in [5, 5.41) is 2.90. The number of benzene rings is 2. The van der Waals surface area contributed by atoms with E-state index in [4.69, 9.17) is 4.74 Å². The van der Waals surface area contributed by atoms with Crippen LogP contribution in [0, 0.1) is 6.92 Å². The van der Waals surface area contributed by atoms with Crippen molar-refractivity contribution in [3.8, 4) is 5.75 Å². The summed E-state index contributed by atoms with van der Waals surface area (Å²) in [5.41, 5.74) is 3.10. The van der Waals surface area contributed by atoms with Crippen molar-refractivity contribution in [2.75, 3.05) is 5.32 Å². The molecule has 0 aliphatic carbocycles. The molecule has 0 aliphatic heterocycles.